The van der Waals surface area contributed by atoms with Gasteiger partial charge in [-0.2, -0.15) is 0 Å². The number of nitrogens with zero attached hydrogens (tertiary/aromatic N) is 1. The van der Waals surface area contributed by atoms with Crippen molar-refractivity contribution in [3.05, 3.63) is 48.3 Å². The van der Waals surface area contributed by atoms with Crippen LogP contribution in [0.5, 0.6) is 0 Å². The summed E-state index contributed by atoms with van der Waals surface area (Å²) in [6.07, 6.45) is 4.05. The molecular formula is C14H19N3O2S. The van der Waals surface area contributed by atoms with Gasteiger partial charge in [0.1, 0.15) is 0 Å². The van der Waals surface area contributed by atoms with Crippen LogP contribution in [0, 0.1) is 0 Å². The molecule has 1 aromatic carbocycles. The zero-order valence-corrected chi connectivity index (χ0v) is 12.4. The predicted molar refractivity (Wildman–Crippen MR) is 82.3 cm³/mol. The summed E-state index contributed by atoms with van der Waals surface area (Å²) in [7, 11) is -1.23. The third kappa shape index (κ3) is 4.03. The number of nitrogens with one attached hydrogen (secondary N) is 2. The monoisotopic (exact) mass is 293 g/mol. The highest BCUT2D eigenvalue weighted by molar-refractivity contribution is 7.92. The van der Waals surface area contributed by atoms with Crippen molar-refractivity contribution in [2.45, 2.75) is 13.5 Å². The minimum Gasteiger partial charge on any atom is -0.381 e. The lowest BCUT2D eigenvalue weighted by Crippen LogP contribution is -2.14. The first-order chi connectivity index (χ1) is 9.48. The van der Waals surface area contributed by atoms with Crippen LogP contribution in [0.25, 0.3) is 0 Å². The maximum Gasteiger partial charge on any atom is 0.232 e. The summed E-state index contributed by atoms with van der Waals surface area (Å²) in [5, 5.41) is 3.29. The van der Waals surface area contributed by atoms with Gasteiger partial charge in [0.05, 0.1) is 5.75 Å². The highest BCUT2D eigenvalue weighted by Crippen LogP contribution is 2.15. The third-order valence-corrected chi connectivity index (χ3v) is 4.23. The molecule has 0 spiro atoms. The molecule has 2 rings (SSSR count). The van der Waals surface area contributed by atoms with E-state index in [1.54, 1.807) is 19.1 Å². The van der Waals surface area contributed by atoms with Crippen LogP contribution in [0.2, 0.25) is 0 Å². The van der Waals surface area contributed by atoms with Crippen LogP contribution >= 0.6 is 0 Å². The lowest BCUT2D eigenvalue weighted by Gasteiger charge is -2.08. The topological polar surface area (TPSA) is 63.1 Å². The first kappa shape index (κ1) is 14.5. The third-order valence-electron chi connectivity index (χ3n) is 2.93. The Kier molecular flexibility index (Phi) is 4.34. The molecule has 6 heteroatoms. The molecule has 108 valence electrons. The fourth-order valence-corrected chi connectivity index (χ4v) is 2.42. The summed E-state index contributed by atoms with van der Waals surface area (Å²) in [4.78, 5) is 0. The number of benzene rings is 1. The fraction of sp³-hybridized carbons (Fsp3) is 0.286. The summed E-state index contributed by atoms with van der Waals surface area (Å²) in [5.74, 6) is 0.0704. The van der Waals surface area contributed by atoms with Gasteiger partial charge in [-0.05, 0) is 42.8 Å². The maximum atomic E-state index is 11.4. The summed E-state index contributed by atoms with van der Waals surface area (Å²) in [6, 6.07) is 9.27. The molecule has 0 saturated heterocycles. The van der Waals surface area contributed by atoms with Crippen LogP contribution in [-0.2, 0) is 23.6 Å². The lowest BCUT2D eigenvalue weighted by atomic mass is 10.2. The quantitative estimate of drug-likeness (QED) is 0.859. The Labute approximate surface area is 119 Å². The van der Waals surface area contributed by atoms with Crippen molar-refractivity contribution in [1.82, 2.24) is 4.57 Å². The summed E-state index contributed by atoms with van der Waals surface area (Å²) < 4.78 is 27.4. The van der Waals surface area contributed by atoms with Gasteiger partial charge in [-0.25, -0.2) is 8.42 Å². The van der Waals surface area contributed by atoms with E-state index >= 15 is 0 Å². The number of sulfonamides is 1. The first-order valence-corrected chi connectivity index (χ1v) is 8.09. The molecule has 2 aromatic rings. The van der Waals surface area contributed by atoms with E-state index < -0.39 is 10.0 Å². The number of anilines is 2. The Bertz CT molecular complexity index is 660. The highest BCUT2D eigenvalue weighted by atomic mass is 32.2. The Balaban J connectivity index is 1.94. The second-order valence-electron chi connectivity index (χ2n) is 4.62. The molecule has 0 fully saturated rings. The summed E-state index contributed by atoms with van der Waals surface area (Å²) in [6.45, 7) is 2.35. The molecule has 0 aliphatic rings. The van der Waals surface area contributed by atoms with Crippen LogP contribution in [0.3, 0.4) is 0 Å². The van der Waals surface area contributed by atoms with Gasteiger partial charge in [0.15, 0.2) is 0 Å². The van der Waals surface area contributed by atoms with E-state index in [2.05, 4.69) is 22.3 Å². The number of rotatable bonds is 6. The smallest absolute Gasteiger partial charge is 0.232 e. The van der Waals surface area contributed by atoms with Crippen molar-refractivity contribution in [2.24, 2.45) is 7.05 Å². The number of aryl methyl sites for hydroxylation is 1. The Morgan fingerprint density at radius 2 is 1.75 bits per heavy atom. The van der Waals surface area contributed by atoms with Crippen LogP contribution in [0.4, 0.5) is 11.4 Å². The van der Waals surface area contributed by atoms with E-state index in [9.17, 15) is 8.42 Å². The molecule has 20 heavy (non-hydrogen) atoms. The second kappa shape index (κ2) is 6.00. The zero-order chi connectivity index (χ0) is 14.6. The molecule has 0 aliphatic carbocycles. The van der Waals surface area contributed by atoms with Gasteiger partial charge in [0.25, 0.3) is 0 Å². The standard InChI is InChI=1S/C14H19N3O2S/c1-3-20(18,19)16-14-6-4-13(5-7-14)15-10-12-8-9-17(2)11-12/h4-9,11,15-16H,3,10H2,1-2H3. The van der Waals surface area contributed by atoms with Gasteiger partial charge in [-0.15, -0.1) is 0 Å². The molecule has 1 heterocycles. The van der Waals surface area contributed by atoms with Gasteiger partial charge in [0, 0.05) is 37.4 Å². The maximum absolute atomic E-state index is 11.4. The molecule has 5 nitrogen and oxygen atoms in total. The minimum absolute atomic E-state index is 0.0704. The first-order valence-electron chi connectivity index (χ1n) is 6.44. The predicted octanol–water partition coefficient (Wildman–Crippen LogP) is 2.40. The molecule has 0 bridgehead atoms. The molecule has 2 N–H and O–H groups in total. The van der Waals surface area contributed by atoms with Gasteiger partial charge < -0.3 is 9.88 Å². The SMILES string of the molecule is CCS(=O)(=O)Nc1ccc(NCc2ccn(C)c2)cc1. The van der Waals surface area contributed by atoms with Gasteiger partial charge in [0.2, 0.25) is 10.0 Å². The molecule has 0 saturated carbocycles. The minimum atomic E-state index is -3.21. The van der Waals surface area contributed by atoms with Crippen molar-refractivity contribution < 1.29 is 8.42 Å². The van der Waals surface area contributed by atoms with Crippen molar-refractivity contribution in [3.63, 3.8) is 0 Å². The van der Waals surface area contributed by atoms with Gasteiger partial charge in [-0.3, -0.25) is 4.72 Å². The second-order valence-corrected chi connectivity index (χ2v) is 6.63. The Morgan fingerprint density at radius 3 is 2.30 bits per heavy atom. The molecule has 0 unspecified atom stereocenters. The molecule has 0 amide bonds. The summed E-state index contributed by atoms with van der Waals surface area (Å²) >= 11 is 0. The van der Waals surface area contributed by atoms with Crippen molar-refractivity contribution in [3.8, 4) is 0 Å². The van der Waals surface area contributed by atoms with Crippen molar-refractivity contribution >= 4 is 21.4 Å². The average molecular weight is 293 g/mol. The van der Waals surface area contributed by atoms with Gasteiger partial charge in [-0.1, -0.05) is 0 Å². The zero-order valence-electron chi connectivity index (χ0n) is 11.6. The van der Waals surface area contributed by atoms with Gasteiger partial charge >= 0.3 is 0 Å². The summed E-state index contributed by atoms with van der Waals surface area (Å²) in [5.41, 5.74) is 2.73. The normalized spacial score (nSPS) is 11.3. The lowest BCUT2D eigenvalue weighted by molar-refractivity contribution is 0.602. The molecule has 0 aliphatic heterocycles. The number of aromatic nitrogens is 1. The van der Waals surface area contributed by atoms with Crippen LogP contribution < -0.4 is 10.0 Å². The van der Waals surface area contributed by atoms with Crippen molar-refractivity contribution in [2.75, 3.05) is 15.8 Å². The number of hydrogen-bond acceptors (Lipinski definition) is 3. The van der Waals surface area contributed by atoms with E-state index in [1.165, 1.54) is 5.56 Å². The molecular weight excluding hydrogens is 274 g/mol. The molecule has 1 aromatic heterocycles. The van der Waals surface area contributed by atoms with Crippen LogP contribution in [-0.4, -0.2) is 18.7 Å². The van der Waals surface area contributed by atoms with Crippen LogP contribution in [0.15, 0.2) is 42.7 Å². The highest BCUT2D eigenvalue weighted by Gasteiger charge is 2.06. The Hall–Kier alpha value is -1.95. The molecule has 0 atom stereocenters. The fourth-order valence-electron chi connectivity index (χ4n) is 1.78. The van der Waals surface area contributed by atoms with Crippen LogP contribution in [0.1, 0.15) is 12.5 Å². The number of hydrogen-bond donors (Lipinski definition) is 2. The average Bonchev–Trinajstić information content (AvgIpc) is 2.83. The molecule has 0 radical (unpaired) electrons. The van der Waals surface area contributed by atoms with Crippen molar-refractivity contribution in [1.29, 1.82) is 0 Å². The van der Waals surface area contributed by atoms with E-state index in [4.69, 9.17) is 0 Å². The van der Waals surface area contributed by atoms with E-state index in [0.29, 0.717) is 5.69 Å². The Morgan fingerprint density at radius 1 is 1.10 bits per heavy atom. The van der Waals surface area contributed by atoms with E-state index in [-0.39, 0.29) is 5.75 Å². The van der Waals surface area contributed by atoms with E-state index in [1.807, 2.05) is 29.9 Å². The largest absolute Gasteiger partial charge is 0.381 e. The van der Waals surface area contributed by atoms with E-state index in [0.717, 1.165) is 12.2 Å².